The molecule has 2 rings (SSSR count). The molecule has 1 aromatic rings. The summed E-state index contributed by atoms with van der Waals surface area (Å²) in [5.41, 5.74) is 0.529. The number of hydrogen-bond donors (Lipinski definition) is 1. The molecule has 3 amide bonds. The minimum absolute atomic E-state index is 0.00884. The summed E-state index contributed by atoms with van der Waals surface area (Å²) < 4.78 is 15.4. The van der Waals surface area contributed by atoms with Gasteiger partial charge in [0.1, 0.15) is 12.2 Å². The Morgan fingerprint density at radius 2 is 2.00 bits per heavy atom. The lowest BCUT2D eigenvalue weighted by atomic mass is 10.1. The fourth-order valence-corrected chi connectivity index (χ4v) is 2.51. The Morgan fingerprint density at radius 1 is 1.31 bits per heavy atom. The first kappa shape index (κ1) is 19.6. The maximum Gasteiger partial charge on any atom is 0.329 e. The second-order valence-electron chi connectivity index (χ2n) is 5.66. The SMILES string of the molecule is COC(=O)CN1C(=O)N/C(=C/c2cc(Cl)c(OC(C)C)c(OC)c2)C1=O. The molecule has 1 fully saturated rings. The molecular weight excluding hydrogens is 364 g/mol. The second-order valence-corrected chi connectivity index (χ2v) is 6.06. The average molecular weight is 383 g/mol. The number of halogens is 1. The number of hydrogen-bond acceptors (Lipinski definition) is 6. The lowest BCUT2D eigenvalue weighted by Gasteiger charge is -2.15. The number of benzene rings is 1. The van der Waals surface area contributed by atoms with E-state index in [1.165, 1.54) is 20.3 Å². The Morgan fingerprint density at radius 3 is 2.58 bits per heavy atom. The van der Waals surface area contributed by atoms with E-state index >= 15 is 0 Å². The lowest BCUT2D eigenvalue weighted by molar-refractivity contribution is -0.143. The van der Waals surface area contributed by atoms with Gasteiger partial charge in [-0.2, -0.15) is 0 Å². The van der Waals surface area contributed by atoms with Crippen molar-refractivity contribution in [2.75, 3.05) is 20.8 Å². The van der Waals surface area contributed by atoms with Crippen LogP contribution in [0.5, 0.6) is 11.5 Å². The van der Waals surface area contributed by atoms with E-state index in [0.717, 1.165) is 4.90 Å². The fraction of sp³-hybridized carbons (Fsp3) is 0.353. The van der Waals surface area contributed by atoms with Crippen molar-refractivity contribution in [3.63, 3.8) is 0 Å². The normalized spacial score (nSPS) is 15.5. The molecule has 0 atom stereocenters. The summed E-state index contributed by atoms with van der Waals surface area (Å²) in [6, 6.07) is 2.50. The number of carbonyl (C=O) groups excluding carboxylic acids is 3. The number of methoxy groups -OCH3 is 2. The molecule has 0 aliphatic carbocycles. The smallest absolute Gasteiger partial charge is 0.329 e. The summed E-state index contributed by atoms with van der Waals surface area (Å²) >= 11 is 6.25. The van der Waals surface area contributed by atoms with Gasteiger partial charge in [0.05, 0.1) is 25.3 Å². The standard InChI is InChI=1S/C17H19ClN2O6/c1-9(2)26-15-11(18)5-10(7-13(15)24-3)6-12-16(22)20(17(23)19-12)8-14(21)25-4/h5-7,9H,8H2,1-4H3,(H,19,23)/b12-6+. The third-order valence-electron chi connectivity index (χ3n) is 3.39. The number of esters is 1. The Labute approximate surface area is 155 Å². The van der Waals surface area contributed by atoms with Crippen molar-refractivity contribution in [3.05, 3.63) is 28.4 Å². The highest BCUT2D eigenvalue weighted by Crippen LogP contribution is 2.37. The fourth-order valence-electron chi connectivity index (χ4n) is 2.25. The molecule has 0 bridgehead atoms. The van der Waals surface area contributed by atoms with Crippen LogP contribution in [0.2, 0.25) is 5.02 Å². The first-order valence-corrected chi connectivity index (χ1v) is 8.10. The Hall–Kier alpha value is -2.74. The van der Waals surface area contributed by atoms with E-state index < -0.39 is 24.5 Å². The van der Waals surface area contributed by atoms with Gasteiger partial charge in [0, 0.05) is 0 Å². The van der Waals surface area contributed by atoms with Crippen LogP contribution in [0.25, 0.3) is 6.08 Å². The molecule has 140 valence electrons. The number of amides is 3. The van der Waals surface area contributed by atoms with E-state index in [1.807, 2.05) is 13.8 Å². The molecule has 1 aliphatic heterocycles. The van der Waals surface area contributed by atoms with E-state index in [-0.39, 0.29) is 11.8 Å². The van der Waals surface area contributed by atoms with E-state index in [1.54, 1.807) is 12.1 Å². The molecule has 1 N–H and O–H groups in total. The first-order chi connectivity index (χ1) is 12.3. The van der Waals surface area contributed by atoms with Crippen LogP contribution in [0.15, 0.2) is 17.8 Å². The number of rotatable bonds is 6. The molecule has 0 aromatic heterocycles. The van der Waals surface area contributed by atoms with Crippen LogP contribution < -0.4 is 14.8 Å². The van der Waals surface area contributed by atoms with Crippen LogP contribution in [0.3, 0.4) is 0 Å². The van der Waals surface area contributed by atoms with Crippen LogP contribution in [0.4, 0.5) is 4.79 Å². The van der Waals surface area contributed by atoms with Gasteiger partial charge in [-0.05, 0) is 37.6 Å². The Balaban J connectivity index is 2.32. The summed E-state index contributed by atoms with van der Waals surface area (Å²) in [4.78, 5) is 36.2. The second kappa shape index (κ2) is 8.09. The van der Waals surface area contributed by atoms with E-state index in [2.05, 4.69) is 10.1 Å². The van der Waals surface area contributed by atoms with Crippen LogP contribution in [-0.2, 0) is 14.3 Å². The Kier molecular flexibility index (Phi) is 6.10. The van der Waals surface area contributed by atoms with E-state index in [0.29, 0.717) is 22.1 Å². The number of nitrogens with one attached hydrogen (secondary N) is 1. The van der Waals surface area contributed by atoms with Crippen LogP contribution in [-0.4, -0.2) is 49.7 Å². The monoisotopic (exact) mass is 382 g/mol. The highest BCUT2D eigenvalue weighted by Gasteiger charge is 2.35. The minimum atomic E-state index is -0.704. The van der Waals surface area contributed by atoms with Crippen LogP contribution >= 0.6 is 11.6 Å². The van der Waals surface area contributed by atoms with Crippen molar-refractivity contribution < 1.29 is 28.6 Å². The number of ether oxygens (including phenoxy) is 3. The number of carbonyl (C=O) groups is 3. The predicted molar refractivity (Wildman–Crippen MR) is 94.0 cm³/mol. The molecule has 1 heterocycles. The molecule has 1 aliphatic rings. The van der Waals surface area contributed by atoms with Crippen LogP contribution in [0, 0.1) is 0 Å². The molecule has 8 nitrogen and oxygen atoms in total. The number of imide groups is 1. The van der Waals surface area contributed by atoms with Crippen molar-refractivity contribution >= 4 is 35.6 Å². The van der Waals surface area contributed by atoms with Gasteiger partial charge in [0.2, 0.25) is 0 Å². The molecule has 0 unspecified atom stereocenters. The summed E-state index contributed by atoms with van der Waals surface area (Å²) in [6.07, 6.45) is 1.33. The van der Waals surface area contributed by atoms with Gasteiger partial charge in [0.25, 0.3) is 5.91 Å². The quantitative estimate of drug-likeness (QED) is 0.460. The van der Waals surface area contributed by atoms with Gasteiger partial charge in [-0.15, -0.1) is 0 Å². The average Bonchev–Trinajstić information content (AvgIpc) is 2.84. The summed E-state index contributed by atoms with van der Waals surface area (Å²) in [6.45, 7) is 3.24. The van der Waals surface area contributed by atoms with Crippen molar-refractivity contribution in [2.24, 2.45) is 0 Å². The molecule has 1 aromatic carbocycles. The summed E-state index contributed by atoms with van der Waals surface area (Å²) in [5, 5.41) is 2.71. The summed E-state index contributed by atoms with van der Waals surface area (Å²) in [5.74, 6) is -0.561. The van der Waals surface area contributed by atoms with Crippen molar-refractivity contribution in [3.8, 4) is 11.5 Å². The lowest BCUT2D eigenvalue weighted by Crippen LogP contribution is -2.36. The maximum atomic E-state index is 12.3. The molecule has 0 radical (unpaired) electrons. The first-order valence-electron chi connectivity index (χ1n) is 7.72. The molecule has 26 heavy (non-hydrogen) atoms. The summed E-state index contributed by atoms with van der Waals surface area (Å²) in [7, 11) is 2.64. The minimum Gasteiger partial charge on any atom is -0.493 e. The largest absolute Gasteiger partial charge is 0.493 e. The Bertz CT molecular complexity index is 775. The van der Waals surface area contributed by atoms with Gasteiger partial charge in [-0.3, -0.25) is 9.59 Å². The maximum absolute atomic E-state index is 12.3. The topological polar surface area (TPSA) is 94.2 Å². The van der Waals surface area contributed by atoms with Gasteiger partial charge in [0.15, 0.2) is 11.5 Å². The zero-order valence-electron chi connectivity index (χ0n) is 14.8. The third-order valence-corrected chi connectivity index (χ3v) is 3.67. The van der Waals surface area contributed by atoms with Gasteiger partial charge in [-0.1, -0.05) is 11.6 Å². The zero-order chi connectivity index (χ0) is 19.4. The molecule has 0 spiro atoms. The van der Waals surface area contributed by atoms with Gasteiger partial charge in [-0.25, -0.2) is 9.69 Å². The highest BCUT2D eigenvalue weighted by molar-refractivity contribution is 6.32. The van der Waals surface area contributed by atoms with Gasteiger partial charge < -0.3 is 19.5 Å². The van der Waals surface area contributed by atoms with E-state index in [9.17, 15) is 14.4 Å². The third kappa shape index (κ3) is 4.26. The molecule has 1 saturated heterocycles. The van der Waals surface area contributed by atoms with Crippen molar-refractivity contribution in [1.82, 2.24) is 10.2 Å². The number of nitrogens with zero attached hydrogens (tertiary/aromatic N) is 1. The molecule has 9 heteroatoms. The molecular formula is C17H19ClN2O6. The zero-order valence-corrected chi connectivity index (χ0v) is 15.5. The van der Waals surface area contributed by atoms with Gasteiger partial charge >= 0.3 is 12.0 Å². The predicted octanol–water partition coefficient (Wildman–Crippen LogP) is 2.20. The van der Waals surface area contributed by atoms with Crippen molar-refractivity contribution in [1.29, 1.82) is 0 Å². The number of urea groups is 1. The highest BCUT2D eigenvalue weighted by atomic mass is 35.5. The van der Waals surface area contributed by atoms with E-state index in [4.69, 9.17) is 21.1 Å². The van der Waals surface area contributed by atoms with Crippen LogP contribution in [0.1, 0.15) is 19.4 Å². The molecule has 0 saturated carbocycles. The van der Waals surface area contributed by atoms with Crippen molar-refractivity contribution in [2.45, 2.75) is 20.0 Å².